The first kappa shape index (κ1) is 18.0. The first-order valence-electron chi connectivity index (χ1n) is 8.04. The predicted molar refractivity (Wildman–Crippen MR) is 106 cm³/mol. The van der Waals surface area contributed by atoms with Gasteiger partial charge in [-0.15, -0.1) is 0 Å². The van der Waals surface area contributed by atoms with Crippen molar-refractivity contribution in [2.75, 3.05) is 26.4 Å². The first-order chi connectivity index (χ1) is 12.0. The SMILES string of the molecule is Cc1c(Cl)cccc1-n1c(SCCN(C)C)nc2ccccc2c1=O. The van der Waals surface area contributed by atoms with Crippen LogP contribution in [0.5, 0.6) is 0 Å². The van der Waals surface area contributed by atoms with E-state index in [1.807, 2.05) is 63.5 Å². The van der Waals surface area contributed by atoms with Gasteiger partial charge in [0.2, 0.25) is 0 Å². The maximum Gasteiger partial charge on any atom is 0.266 e. The number of hydrogen-bond donors (Lipinski definition) is 0. The Morgan fingerprint density at radius 2 is 1.92 bits per heavy atom. The lowest BCUT2D eigenvalue weighted by molar-refractivity contribution is 0.437. The minimum Gasteiger partial charge on any atom is -0.309 e. The highest BCUT2D eigenvalue weighted by Crippen LogP contribution is 2.26. The largest absolute Gasteiger partial charge is 0.309 e. The van der Waals surface area contributed by atoms with Crippen LogP contribution in [-0.2, 0) is 0 Å². The van der Waals surface area contributed by atoms with Gasteiger partial charge in [-0.1, -0.05) is 41.6 Å². The van der Waals surface area contributed by atoms with Gasteiger partial charge >= 0.3 is 0 Å². The fourth-order valence-electron chi connectivity index (χ4n) is 2.58. The first-order valence-corrected chi connectivity index (χ1v) is 9.40. The van der Waals surface area contributed by atoms with E-state index in [2.05, 4.69) is 4.90 Å². The molecule has 0 saturated heterocycles. The molecule has 3 aromatic rings. The van der Waals surface area contributed by atoms with Crippen molar-refractivity contribution in [2.45, 2.75) is 12.1 Å². The van der Waals surface area contributed by atoms with Crippen molar-refractivity contribution in [3.63, 3.8) is 0 Å². The zero-order valence-electron chi connectivity index (χ0n) is 14.5. The van der Waals surface area contributed by atoms with Crippen LogP contribution in [0.2, 0.25) is 5.02 Å². The van der Waals surface area contributed by atoms with E-state index in [9.17, 15) is 4.79 Å². The summed E-state index contributed by atoms with van der Waals surface area (Å²) >= 11 is 7.86. The molecule has 0 atom stereocenters. The van der Waals surface area contributed by atoms with E-state index in [1.165, 1.54) is 0 Å². The molecule has 0 amide bonds. The lowest BCUT2D eigenvalue weighted by Gasteiger charge is -2.16. The fraction of sp³-hybridized carbons (Fsp3) is 0.263. The molecule has 1 aromatic heterocycles. The van der Waals surface area contributed by atoms with E-state index in [0.29, 0.717) is 15.6 Å². The van der Waals surface area contributed by atoms with Crippen LogP contribution in [0.3, 0.4) is 0 Å². The minimum atomic E-state index is -0.0664. The molecule has 3 rings (SSSR count). The molecule has 0 spiro atoms. The molecule has 0 aliphatic heterocycles. The van der Waals surface area contributed by atoms with E-state index in [0.717, 1.165) is 29.1 Å². The molecule has 6 heteroatoms. The lowest BCUT2D eigenvalue weighted by Crippen LogP contribution is -2.23. The van der Waals surface area contributed by atoms with Gasteiger partial charge < -0.3 is 4.90 Å². The average Bonchev–Trinajstić information content (AvgIpc) is 2.58. The van der Waals surface area contributed by atoms with Gasteiger partial charge in [0.25, 0.3) is 5.56 Å². The molecule has 0 bridgehead atoms. The molecule has 0 aliphatic carbocycles. The van der Waals surface area contributed by atoms with Gasteiger partial charge in [-0.2, -0.15) is 0 Å². The third kappa shape index (κ3) is 3.73. The topological polar surface area (TPSA) is 38.1 Å². The van der Waals surface area contributed by atoms with E-state index in [4.69, 9.17) is 16.6 Å². The number of nitrogens with zero attached hydrogens (tertiary/aromatic N) is 3. The van der Waals surface area contributed by atoms with Crippen molar-refractivity contribution in [3.05, 3.63) is 63.4 Å². The maximum absolute atomic E-state index is 13.2. The Kier molecular flexibility index (Phi) is 5.47. The summed E-state index contributed by atoms with van der Waals surface area (Å²) in [6, 6.07) is 13.1. The highest BCUT2D eigenvalue weighted by atomic mass is 35.5. The summed E-state index contributed by atoms with van der Waals surface area (Å²) in [6.45, 7) is 2.83. The molecular weight excluding hydrogens is 354 g/mol. The van der Waals surface area contributed by atoms with Gasteiger partial charge in [0, 0.05) is 17.3 Å². The zero-order chi connectivity index (χ0) is 18.0. The number of aromatic nitrogens is 2. The quantitative estimate of drug-likeness (QED) is 0.500. The van der Waals surface area contributed by atoms with Gasteiger partial charge in [-0.3, -0.25) is 9.36 Å². The van der Waals surface area contributed by atoms with Gasteiger partial charge in [-0.25, -0.2) is 4.98 Å². The molecule has 0 fully saturated rings. The standard InChI is InChI=1S/C19H20ClN3OS/c1-13-15(20)8-6-10-17(13)23-18(24)14-7-4-5-9-16(14)21-19(23)25-12-11-22(2)3/h4-10H,11-12H2,1-3H3. The second-order valence-corrected chi connectivity index (χ2v) is 7.56. The Hall–Kier alpha value is -1.82. The summed E-state index contributed by atoms with van der Waals surface area (Å²) in [4.78, 5) is 20.0. The summed E-state index contributed by atoms with van der Waals surface area (Å²) in [7, 11) is 4.06. The predicted octanol–water partition coefficient (Wildman–Crippen LogP) is 4.00. The smallest absolute Gasteiger partial charge is 0.266 e. The number of rotatable bonds is 5. The highest BCUT2D eigenvalue weighted by Gasteiger charge is 2.15. The summed E-state index contributed by atoms with van der Waals surface area (Å²) in [5.41, 5.74) is 2.31. The summed E-state index contributed by atoms with van der Waals surface area (Å²) < 4.78 is 1.68. The molecule has 130 valence electrons. The summed E-state index contributed by atoms with van der Waals surface area (Å²) in [5.74, 6) is 0.845. The van der Waals surface area contributed by atoms with Crippen LogP contribution in [-0.4, -0.2) is 40.8 Å². The number of para-hydroxylation sites is 1. The number of benzene rings is 2. The lowest BCUT2D eigenvalue weighted by atomic mass is 10.2. The van der Waals surface area contributed by atoms with Crippen molar-refractivity contribution < 1.29 is 0 Å². The van der Waals surface area contributed by atoms with E-state index in [-0.39, 0.29) is 5.56 Å². The van der Waals surface area contributed by atoms with Crippen molar-refractivity contribution in [2.24, 2.45) is 0 Å². The van der Waals surface area contributed by atoms with Crippen LogP contribution in [0.25, 0.3) is 16.6 Å². The maximum atomic E-state index is 13.2. The third-order valence-corrected chi connectivity index (χ3v) is 5.32. The van der Waals surface area contributed by atoms with Crippen LogP contribution >= 0.6 is 23.4 Å². The Labute approximate surface area is 156 Å². The van der Waals surface area contributed by atoms with E-state index < -0.39 is 0 Å². The second kappa shape index (κ2) is 7.60. The minimum absolute atomic E-state index is 0.0664. The van der Waals surface area contributed by atoms with E-state index in [1.54, 1.807) is 16.3 Å². The molecule has 0 saturated carbocycles. The van der Waals surface area contributed by atoms with Crippen LogP contribution in [0, 0.1) is 6.92 Å². The number of halogens is 1. The molecule has 0 aliphatic rings. The van der Waals surface area contributed by atoms with Crippen molar-refractivity contribution in [3.8, 4) is 5.69 Å². The van der Waals surface area contributed by atoms with Crippen molar-refractivity contribution in [1.29, 1.82) is 0 Å². The summed E-state index contributed by atoms with van der Waals surface area (Å²) in [5, 5.41) is 1.94. The van der Waals surface area contributed by atoms with Crippen LogP contribution in [0.1, 0.15) is 5.56 Å². The molecular formula is C19H20ClN3OS. The molecule has 0 unspecified atom stereocenters. The van der Waals surface area contributed by atoms with Gasteiger partial charge in [0.05, 0.1) is 16.6 Å². The van der Waals surface area contributed by atoms with Crippen molar-refractivity contribution >= 4 is 34.3 Å². The summed E-state index contributed by atoms with van der Waals surface area (Å²) in [6.07, 6.45) is 0. The fourth-order valence-corrected chi connectivity index (χ4v) is 3.86. The van der Waals surface area contributed by atoms with Crippen molar-refractivity contribution in [1.82, 2.24) is 14.5 Å². The van der Waals surface area contributed by atoms with Gasteiger partial charge in [-0.05, 0) is 50.8 Å². The molecule has 0 N–H and O–H groups in total. The van der Waals surface area contributed by atoms with E-state index >= 15 is 0 Å². The Bertz CT molecular complexity index is 969. The zero-order valence-corrected chi connectivity index (χ0v) is 16.1. The molecule has 2 aromatic carbocycles. The Balaban J connectivity index is 2.21. The molecule has 1 heterocycles. The highest BCUT2D eigenvalue weighted by molar-refractivity contribution is 7.99. The average molecular weight is 374 g/mol. The third-order valence-electron chi connectivity index (χ3n) is 3.99. The normalized spacial score (nSPS) is 11.4. The van der Waals surface area contributed by atoms with Gasteiger partial charge in [0.1, 0.15) is 0 Å². The molecule has 25 heavy (non-hydrogen) atoms. The van der Waals surface area contributed by atoms with Crippen LogP contribution in [0.15, 0.2) is 52.4 Å². The second-order valence-electron chi connectivity index (χ2n) is 6.09. The van der Waals surface area contributed by atoms with Crippen LogP contribution < -0.4 is 5.56 Å². The monoisotopic (exact) mass is 373 g/mol. The van der Waals surface area contributed by atoms with Gasteiger partial charge in [0.15, 0.2) is 5.16 Å². The Morgan fingerprint density at radius 3 is 2.68 bits per heavy atom. The number of fused-ring (bicyclic) bond motifs is 1. The molecule has 0 radical (unpaired) electrons. The number of thioether (sulfide) groups is 1. The Morgan fingerprint density at radius 1 is 1.16 bits per heavy atom. The number of hydrogen-bond acceptors (Lipinski definition) is 4. The van der Waals surface area contributed by atoms with Crippen LogP contribution in [0.4, 0.5) is 0 Å². The molecule has 4 nitrogen and oxygen atoms in total.